The molecule has 0 atom stereocenters. The van der Waals surface area contributed by atoms with Gasteiger partial charge < -0.3 is 10.2 Å². The van der Waals surface area contributed by atoms with Crippen molar-refractivity contribution < 1.29 is 9.59 Å². The topological polar surface area (TPSA) is 49.4 Å². The molecule has 1 aliphatic rings. The lowest BCUT2D eigenvalue weighted by Gasteiger charge is -2.31. The number of carbonyl (C=O) groups is 2. The summed E-state index contributed by atoms with van der Waals surface area (Å²) < 4.78 is 0. The van der Waals surface area contributed by atoms with Gasteiger partial charge in [-0.25, -0.2) is 0 Å². The number of rotatable bonds is 5. The molecule has 0 aliphatic heterocycles. The van der Waals surface area contributed by atoms with Crippen LogP contribution in [0.1, 0.15) is 48.0 Å². The van der Waals surface area contributed by atoms with Crippen molar-refractivity contribution in [2.75, 3.05) is 12.4 Å². The number of hydrogen-bond acceptors (Lipinski definition) is 2. The van der Waals surface area contributed by atoms with E-state index < -0.39 is 0 Å². The quantitative estimate of drug-likeness (QED) is 0.794. The highest BCUT2D eigenvalue weighted by atomic mass is 35.5. The molecule has 2 amide bonds. The third-order valence-electron chi connectivity index (χ3n) is 5.14. The van der Waals surface area contributed by atoms with E-state index in [0.717, 1.165) is 18.4 Å². The first kappa shape index (κ1) is 19.4. The van der Waals surface area contributed by atoms with Crippen molar-refractivity contribution >= 4 is 29.1 Å². The number of amides is 2. The molecule has 4 nitrogen and oxygen atoms in total. The molecule has 1 fully saturated rings. The number of carbonyl (C=O) groups excluding carboxylic acids is 2. The Kier molecular flexibility index (Phi) is 6.51. The molecule has 1 aliphatic carbocycles. The first-order valence-corrected chi connectivity index (χ1v) is 9.82. The number of hydrogen-bond donors (Lipinski definition) is 1. The van der Waals surface area contributed by atoms with Gasteiger partial charge in [0.05, 0.1) is 6.42 Å². The Morgan fingerprint density at radius 1 is 1.00 bits per heavy atom. The van der Waals surface area contributed by atoms with Crippen LogP contribution in [0.4, 0.5) is 5.69 Å². The van der Waals surface area contributed by atoms with Gasteiger partial charge in [0.2, 0.25) is 5.91 Å². The van der Waals surface area contributed by atoms with Crippen LogP contribution in [0.5, 0.6) is 0 Å². The largest absolute Gasteiger partial charge is 0.339 e. The van der Waals surface area contributed by atoms with Gasteiger partial charge in [0, 0.05) is 29.4 Å². The molecule has 0 saturated heterocycles. The summed E-state index contributed by atoms with van der Waals surface area (Å²) in [7, 11) is 1.89. The van der Waals surface area contributed by atoms with E-state index in [1.165, 1.54) is 19.3 Å². The SMILES string of the molecule is CN(C(=O)c1ccc(NC(=O)Cc2ccc(Cl)cc2)cc1)C1CCCCC1. The fourth-order valence-electron chi connectivity index (χ4n) is 3.53. The van der Waals surface area contributed by atoms with E-state index in [-0.39, 0.29) is 18.2 Å². The average Bonchev–Trinajstić information content (AvgIpc) is 2.70. The predicted molar refractivity (Wildman–Crippen MR) is 109 cm³/mol. The van der Waals surface area contributed by atoms with E-state index in [1.807, 2.05) is 24.1 Å². The van der Waals surface area contributed by atoms with Gasteiger partial charge in [-0.3, -0.25) is 9.59 Å². The first-order valence-electron chi connectivity index (χ1n) is 9.44. The van der Waals surface area contributed by atoms with Gasteiger partial charge in [-0.1, -0.05) is 43.0 Å². The number of benzene rings is 2. The van der Waals surface area contributed by atoms with Crippen LogP contribution in [0, 0.1) is 0 Å². The normalized spacial score (nSPS) is 14.6. The third kappa shape index (κ3) is 5.33. The lowest BCUT2D eigenvalue weighted by atomic mass is 9.94. The van der Waals surface area contributed by atoms with Crippen LogP contribution in [0.15, 0.2) is 48.5 Å². The van der Waals surface area contributed by atoms with Crippen LogP contribution in [0.2, 0.25) is 5.02 Å². The zero-order valence-electron chi connectivity index (χ0n) is 15.6. The summed E-state index contributed by atoms with van der Waals surface area (Å²) in [6.45, 7) is 0. The van der Waals surface area contributed by atoms with Gasteiger partial charge in [0.1, 0.15) is 0 Å². The second kappa shape index (κ2) is 9.05. The van der Waals surface area contributed by atoms with Crippen LogP contribution in [0.3, 0.4) is 0 Å². The van der Waals surface area contributed by atoms with Crippen molar-refractivity contribution in [1.29, 1.82) is 0 Å². The molecular weight excluding hydrogens is 360 g/mol. The van der Waals surface area contributed by atoms with Crippen molar-refractivity contribution in [3.8, 4) is 0 Å². The van der Waals surface area contributed by atoms with Crippen LogP contribution in [0.25, 0.3) is 0 Å². The fraction of sp³-hybridized carbons (Fsp3) is 0.364. The van der Waals surface area contributed by atoms with E-state index in [1.54, 1.807) is 36.4 Å². The second-order valence-electron chi connectivity index (χ2n) is 7.14. The highest BCUT2D eigenvalue weighted by Crippen LogP contribution is 2.23. The summed E-state index contributed by atoms with van der Waals surface area (Å²) in [4.78, 5) is 26.7. The molecule has 1 saturated carbocycles. The molecule has 27 heavy (non-hydrogen) atoms. The molecule has 1 N–H and O–H groups in total. The summed E-state index contributed by atoms with van der Waals surface area (Å²) >= 11 is 5.86. The van der Waals surface area contributed by atoms with Crippen LogP contribution < -0.4 is 5.32 Å². The second-order valence-corrected chi connectivity index (χ2v) is 7.57. The van der Waals surface area contributed by atoms with Crippen molar-refractivity contribution in [2.24, 2.45) is 0 Å². The number of halogens is 1. The number of anilines is 1. The zero-order valence-corrected chi connectivity index (χ0v) is 16.3. The summed E-state index contributed by atoms with van der Waals surface area (Å²) in [5.74, 6) is -0.0586. The summed E-state index contributed by atoms with van der Waals surface area (Å²) in [5, 5.41) is 3.52. The predicted octanol–water partition coefficient (Wildman–Crippen LogP) is 4.93. The molecule has 0 unspecified atom stereocenters. The number of nitrogens with zero attached hydrogens (tertiary/aromatic N) is 1. The minimum Gasteiger partial charge on any atom is -0.339 e. The summed E-state index contributed by atoms with van der Waals surface area (Å²) in [6, 6.07) is 14.7. The zero-order chi connectivity index (χ0) is 19.2. The Labute approximate surface area is 165 Å². The summed E-state index contributed by atoms with van der Waals surface area (Å²) in [6.07, 6.45) is 6.11. The van der Waals surface area contributed by atoms with E-state index in [2.05, 4.69) is 5.32 Å². The Hall–Kier alpha value is -2.33. The van der Waals surface area contributed by atoms with Gasteiger partial charge in [0.15, 0.2) is 0 Å². The van der Waals surface area contributed by atoms with Crippen LogP contribution in [-0.4, -0.2) is 29.8 Å². The minimum atomic E-state index is -0.101. The smallest absolute Gasteiger partial charge is 0.253 e. The van der Waals surface area contributed by atoms with E-state index in [0.29, 0.717) is 22.3 Å². The maximum Gasteiger partial charge on any atom is 0.253 e. The average molecular weight is 385 g/mol. The lowest BCUT2D eigenvalue weighted by molar-refractivity contribution is -0.115. The molecular formula is C22H25ClN2O2. The van der Waals surface area contributed by atoms with Gasteiger partial charge in [-0.2, -0.15) is 0 Å². The molecule has 0 bridgehead atoms. The van der Waals surface area contributed by atoms with Crippen molar-refractivity contribution in [3.05, 3.63) is 64.7 Å². The Balaban J connectivity index is 1.56. The van der Waals surface area contributed by atoms with Crippen molar-refractivity contribution in [3.63, 3.8) is 0 Å². The first-order chi connectivity index (χ1) is 13.0. The van der Waals surface area contributed by atoms with E-state index in [9.17, 15) is 9.59 Å². The van der Waals surface area contributed by atoms with Crippen LogP contribution in [-0.2, 0) is 11.2 Å². The third-order valence-corrected chi connectivity index (χ3v) is 5.39. The standard InChI is InChI=1S/C22H25ClN2O2/c1-25(20-5-3-2-4-6-20)22(27)17-9-13-19(14-10-17)24-21(26)15-16-7-11-18(23)12-8-16/h7-14,20H,2-6,15H2,1H3,(H,24,26). The number of nitrogens with one attached hydrogen (secondary N) is 1. The fourth-order valence-corrected chi connectivity index (χ4v) is 3.65. The summed E-state index contributed by atoms with van der Waals surface area (Å²) in [5.41, 5.74) is 2.24. The molecule has 2 aromatic rings. The Bertz CT molecular complexity index is 781. The monoisotopic (exact) mass is 384 g/mol. The van der Waals surface area contributed by atoms with E-state index >= 15 is 0 Å². The lowest BCUT2D eigenvalue weighted by Crippen LogP contribution is -2.38. The van der Waals surface area contributed by atoms with Gasteiger partial charge in [0.25, 0.3) is 5.91 Å². The molecule has 0 heterocycles. The Morgan fingerprint density at radius 3 is 2.26 bits per heavy atom. The van der Waals surface area contributed by atoms with E-state index in [4.69, 9.17) is 11.6 Å². The van der Waals surface area contributed by atoms with Gasteiger partial charge >= 0.3 is 0 Å². The van der Waals surface area contributed by atoms with Crippen molar-refractivity contribution in [2.45, 2.75) is 44.6 Å². The molecule has 2 aromatic carbocycles. The minimum absolute atomic E-state index is 0.0425. The molecule has 0 spiro atoms. The highest BCUT2D eigenvalue weighted by Gasteiger charge is 2.22. The van der Waals surface area contributed by atoms with Gasteiger partial charge in [-0.05, 0) is 54.8 Å². The maximum atomic E-state index is 12.7. The van der Waals surface area contributed by atoms with Gasteiger partial charge in [-0.15, -0.1) is 0 Å². The molecule has 0 radical (unpaired) electrons. The highest BCUT2D eigenvalue weighted by molar-refractivity contribution is 6.30. The molecule has 5 heteroatoms. The molecule has 3 rings (SSSR count). The molecule has 142 valence electrons. The Morgan fingerprint density at radius 2 is 1.63 bits per heavy atom. The van der Waals surface area contributed by atoms with Crippen molar-refractivity contribution in [1.82, 2.24) is 4.90 Å². The molecule has 0 aromatic heterocycles. The van der Waals surface area contributed by atoms with Crippen LogP contribution >= 0.6 is 11.6 Å². The maximum absolute atomic E-state index is 12.7.